The number of para-hydroxylation sites is 2. The van der Waals surface area contributed by atoms with Crippen LogP contribution in [-0.2, 0) is 10.8 Å². The third kappa shape index (κ3) is 5.12. The predicted molar refractivity (Wildman–Crippen MR) is 314 cm³/mol. The molecule has 14 aromatic rings. The van der Waals surface area contributed by atoms with E-state index < -0.39 is 10.8 Å². The van der Waals surface area contributed by atoms with Crippen LogP contribution in [0.1, 0.15) is 44.5 Å². The van der Waals surface area contributed by atoms with E-state index in [1.54, 1.807) is 0 Å². The zero-order chi connectivity index (χ0) is 50.1. The molecule has 0 saturated carbocycles. The van der Waals surface area contributed by atoms with E-state index in [4.69, 9.17) is 8.83 Å². The van der Waals surface area contributed by atoms with Gasteiger partial charge in [0.25, 0.3) is 0 Å². The Labute approximate surface area is 444 Å². The van der Waals surface area contributed by atoms with E-state index in [0.29, 0.717) is 0 Å². The van der Waals surface area contributed by atoms with Gasteiger partial charge in [0.05, 0.1) is 10.8 Å². The minimum Gasteiger partial charge on any atom is -0.456 e. The normalized spacial score (nSPS) is 16.7. The maximum absolute atomic E-state index is 6.62. The summed E-state index contributed by atoms with van der Waals surface area (Å²) < 4.78 is 13.2. The zero-order valence-corrected chi connectivity index (χ0v) is 41.6. The number of anilines is 3. The van der Waals surface area contributed by atoms with Crippen LogP contribution in [0, 0.1) is 0 Å². The van der Waals surface area contributed by atoms with Gasteiger partial charge in [-0.1, -0.05) is 200 Å². The van der Waals surface area contributed by atoms with Crippen LogP contribution in [0.15, 0.2) is 270 Å². The fourth-order valence-electron chi connectivity index (χ4n) is 15.0. The van der Waals surface area contributed by atoms with Crippen molar-refractivity contribution in [2.24, 2.45) is 0 Å². The standard InChI is InChI=1S/C74H43NO2/c1-2-16-44(17-3-1)45-30-32-46(33-31-45)75(47-34-36-51-49-18-4-10-24-57(49)73(63(51)42-47)59-26-12-6-20-53(59)69-61(73)38-40-67-71(69)55-22-8-14-28-65(55)76-67)48-35-37-52-50-19-5-11-25-58(50)74(64(52)43-48)60-27-13-7-21-54(60)70-62(74)39-41-68-72(70)56-23-9-15-29-66(56)77-68/h1-43H. The molecule has 0 bridgehead atoms. The van der Waals surface area contributed by atoms with Crippen molar-refractivity contribution in [3.05, 3.63) is 305 Å². The van der Waals surface area contributed by atoms with Gasteiger partial charge in [0.2, 0.25) is 0 Å². The highest BCUT2D eigenvalue weighted by Gasteiger charge is 2.54. The summed E-state index contributed by atoms with van der Waals surface area (Å²) >= 11 is 0. The minimum atomic E-state index is -0.591. The second-order valence-electron chi connectivity index (χ2n) is 21.3. The quantitative estimate of drug-likeness (QED) is 0.176. The first-order chi connectivity index (χ1) is 38.2. The lowest BCUT2D eigenvalue weighted by molar-refractivity contribution is 0.668. The summed E-state index contributed by atoms with van der Waals surface area (Å²) in [5.74, 6) is 0. The number of benzene rings is 12. The molecular weight excluding hydrogens is 935 g/mol. The highest BCUT2D eigenvalue weighted by atomic mass is 16.3. The molecule has 18 rings (SSSR count). The van der Waals surface area contributed by atoms with Gasteiger partial charge in [-0.05, 0) is 161 Å². The molecule has 356 valence electrons. The monoisotopic (exact) mass is 977 g/mol. The summed E-state index contributed by atoms with van der Waals surface area (Å²) in [7, 11) is 0. The first-order valence-corrected chi connectivity index (χ1v) is 26.7. The maximum atomic E-state index is 6.62. The van der Waals surface area contributed by atoms with Crippen LogP contribution < -0.4 is 4.90 Å². The molecule has 4 aliphatic carbocycles. The van der Waals surface area contributed by atoms with Gasteiger partial charge in [-0.3, -0.25) is 0 Å². The lowest BCUT2D eigenvalue weighted by atomic mass is 9.70. The van der Waals surface area contributed by atoms with E-state index in [0.717, 1.165) is 50.2 Å². The van der Waals surface area contributed by atoms with E-state index in [1.807, 2.05) is 0 Å². The molecule has 0 saturated heterocycles. The Morgan fingerprint density at radius 2 is 0.623 bits per heavy atom. The lowest BCUT2D eigenvalue weighted by Crippen LogP contribution is -2.26. The van der Waals surface area contributed by atoms with Crippen molar-refractivity contribution < 1.29 is 8.83 Å². The summed E-state index contributed by atoms with van der Waals surface area (Å²) in [6.07, 6.45) is 0. The van der Waals surface area contributed by atoms with E-state index >= 15 is 0 Å². The first kappa shape index (κ1) is 41.4. The number of fused-ring (bicyclic) bond motifs is 28. The molecular formula is C74H43NO2. The Morgan fingerprint density at radius 1 is 0.247 bits per heavy atom. The first-order valence-electron chi connectivity index (χ1n) is 26.7. The van der Waals surface area contributed by atoms with E-state index in [9.17, 15) is 0 Å². The smallest absolute Gasteiger partial charge is 0.136 e. The topological polar surface area (TPSA) is 29.5 Å². The van der Waals surface area contributed by atoms with Gasteiger partial charge in [0.15, 0.2) is 0 Å². The average molecular weight is 978 g/mol. The third-order valence-electron chi connectivity index (χ3n) is 17.9. The number of hydrogen-bond acceptors (Lipinski definition) is 3. The van der Waals surface area contributed by atoms with Crippen molar-refractivity contribution in [1.82, 2.24) is 0 Å². The average Bonchev–Trinajstić information content (AvgIpc) is 3.37. The Bertz CT molecular complexity index is 4620. The highest BCUT2D eigenvalue weighted by Crippen LogP contribution is 2.67. The summed E-state index contributed by atoms with van der Waals surface area (Å²) in [6.45, 7) is 0. The van der Waals surface area contributed by atoms with Crippen molar-refractivity contribution in [3.63, 3.8) is 0 Å². The molecule has 4 aliphatic rings. The van der Waals surface area contributed by atoms with E-state index in [2.05, 4.69) is 266 Å². The largest absolute Gasteiger partial charge is 0.456 e. The Morgan fingerprint density at radius 3 is 1.12 bits per heavy atom. The van der Waals surface area contributed by atoms with Crippen molar-refractivity contribution in [2.75, 3.05) is 4.90 Å². The molecule has 3 heteroatoms. The second-order valence-corrected chi connectivity index (χ2v) is 21.3. The Hall–Kier alpha value is -9.96. The second kappa shape index (κ2) is 14.9. The Kier molecular flexibility index (Phi) is 8.00. The summed E-state index contributed by atoms with van der Waals surface area (Å²) in [5.41, 5.74) is 28.5. The lowest BCUT2D eigenvalue weighted by Gasteiger charge is -2.33. The number of hydrogen-bond donors (Lipinski definition) is 0. The fraction of sp³-hybridized carbons (Fsp3) is 0.0270. The van der Waals surface area contributed by atoms with Gasteiger partial charge in [0.1, 0.15) is 22.3 Å². The molecule has 2 atom stereocenters. The molecule has 0 amide bonds. The summed E-state index contributed by atoms with van der Waals surface area (Å²) in [5, 5.41) is 4.63. The fourth-order valence-corrected chi connectivity index (χ4v) is 15.0. The summed E-state index contributed by atoms with van der Waals surface area (Å²) in [6, 6.07) is 97.0. The van der Waals surface area contributed by atoms with E-state index in [1.165, 1.54) is 111 Å². The van der Waals surface area contributed by atoms with Crippen LogP contribution in [0.4, 0.5) is 17.1 Å². The molecule has 0 N–H and O–H groups in total. The zero-order valence-electron chi connectivity index (χ0n) is 41.6. The molecule has 0 radical (unpaired) electrons. The number of rotatable bonds is 4. The van der Waals surface area contributed by atoms with Crippen molar-refractivity contribution >= 4 is 60.9 Å². The maximum Gasteiger partial charge on any atom is 0.136 e. The molecule has 3 nitrogen and oxygen atoms in total. The molecule has 77 heavy (non-hydrogen) atoms. The third-order valence-corrected chi connectivity index (χ3v) is 17.9. The van der Waals surface area contributed by atoms with Crippen LogP contribution in [-0.4, -0.2) is 0 Å². The van der Waals surface area contributed by atoms with Crippen molar-refractivity contribution in [3.8, 4) is 55.6 Å². The number of furan rings is 2. The van der Waals surface area contributed by atoms with Gasteiger partial charge in [-0.15, -0.1) is 0 Å². The molecule has 2 unspecified atom stereocenters. The van der Waals surface area contributed by atoms with Crippen molar-refractivity contribution in [2.45, 2.75) is 10.8 Å². The van der Waals surface area contributed by atoms with E-state index in [-0.39, 0.29) is 0 Å². The molecule has 2 heterocycles. The van der Waals surface area contributed by atoms with Crippen molar-refractivity contribution in [1.29, 1.82) is 0 Å². The molecule has 0 aliphatic heterocycles. The van der Waals surface area contributed by atoms with Gasteiger partial charge < -0.3 is 13.7 Å². The SMILES string of the molecule is c1ccc(-c2ccc(N(c3ccc4c(c3)C3(c5ccccc5-4)c4ccccc4-c4c3ccc3oc5ccccc5c43)c3ccc4c(c3)C3(c5ccccc5-4)c4ccccc4-c4c3ccc3oc5ccccc5c43)cc2)cc1. The van der Waals surface area contributed by atoms with Gasteiger partial charge in [-0.2, -0.15) is 0 Å². The highest BCUT2D eigenvalue weighted by molar-refractivity contribution is 6.18. The van der Waals surface area contributed by atoms with Crippen LogP contribution in [0.25, 0.3) is 99.5 Å². The van der Waals surface area contributed by atoms with Gasteiger partial charge >= 0.3 is 0 Å². The molecule has 2 aromatic heterocycles. The van der Waals surface area contributed by atoms with Gasteiger partial charge in [0, 0.05) is 38.6 Å². The number of nitrogens with zero attached hydrogens (tertiary/aromatic N) is 1. The minimum absolute atomic E-state index is 0.591. The predicted octanol–water partition coefficient (Wildman–Crippen LogP) is 19.3. The van der Waals surface area contributed by atoms with Crippen LogP contribution in [0.5, 0.6) is 0 Å². The van der Waals surface area contributed by atoms with Gasteiger partial charge in [-0.25, -0.2) is 0 Å². The van der Waals surface area contributed by atoms with Crippen LogP contribution in [0.2, 0.25) is 0 Å². The van der Waals surface area contributed by atoms with Crippen LogP contribution >= 0.6 is 0 Å². The molecule has 2 spiro atoms. The summed E-state index contributed by atoms with van der Waals surface area (Å²) in [4.78, 5) is 2.51. The Balaban J connectivity index is 0.907. The van der Waals surface area contributed by atoms with Crippen LogP contribution in [0.3, 0.4) is 0 Å². The molecule has 0 fully saturated rings. The molecule has 12 aromatic carbocycles.